The molecule has 2 atom stereocenters. The largest absolute Gasteiger partial charge is 0.495 e. The highest BCUT2D eigenvalue weighted by atomic mass is 32.2. The molecule has 2 saturated heterocycles. The molecular formula is C16H24N2O4S. The van der Waals surface area contributed by atoms with Gasteiger partial charge in [-0.2, -0.15) is 4.31 Å². The summed E-state index contributed by atoms with van der Waals surface area (Å²) in [4.78, 5) is 2.40. The van der Waals surface area contributed by atoms with E-state index in [0.29, 0.717) is 25.4 Å². The predicted octanol–water partition coefficient (Wildman–Crippen LogP) is 1.10. The SMILES string of the molecule is COc1ccc(C)cc1S(=O)(=O)N1CCO[C@@H]2CCN(C)C[C@@H]21. The molecule has 0 radical (unpaired) electrons. The Bertz CT molecular complexity index is 677. The molecule has 0 saturated carbocycles. The Morgan fingerprint density at radius 1 is 1.30 bits per heavy atom. The van der Waals surface area contributed by atoms with Crippen molar-refractivity contribution in [2.75, 3.05) is 40.4 Å². The second-order valence-electron chi connectivity index (χ2n) is 6.30. The van der Waals surface area contributed by atoms with Crippen LogP contribution in [0.25, 0.3) is 0 Å². The normalized spacial score (nSPS) is 26.7. The Hall–Kier alpha value is -1.15. The molecule has 1 aromatic carbocycles. The zero-order valence-electron chi connectivity index (χ0n) is 13.9. The number of ether oxygens (including phenoxy) is 2. The van der Waals surface area contributed by atoms with Crippen molar-refractivity contribution in [3.63, 3.8) is 0 Å². The minimum Gasteiger partial charge on any atom is -0.495 e. The van der Waals surface area contributed by atoms with Crippen molar-refractivity contribution in [2.24, 2.45) is 0 Å². The third kappa shape index (κ3) is 3.10. The lowest BCUT2D eigenvalue weighted by atomic mass is 10.0. The first-order valence-electron chi connectivity index (χ1n) is 7.90. The van der Waals surface area contributed by atoms with E-state index in [1.165, 1.54) is 7.11 Å². The van der Waals surface area contributed by atoms with E-state index in [1.807, 2.05) is 20.0 Å². The van der Waals surface area contributed by atoms with E-state index in [4.69, 9.17) is 9.47 Å². The standard InChI is InChI=1S/C16H24N2O4S/c1-12-4-5-15(21-3)16(10-12)23(19,20)18-8-9-22-14-6-7-17(2)11-13(14)18/h4-5,10,13-14H,6-9,11H2,1-3H3/t13-,14+/m0/s1. The van der Waals surface area contributed by atoms with Gasteiger partial charge in [-0.1, -0.05) is 6.07 Å². The van der Waals surface area contributed by atoms with Crippen molar-refractivity contribution in [1.82, 2.24) is 9.21 Å². The Morgan fingerprint density at radius 2 is 2.09 bits per heavy atom. The van der Waals surface area contributed by atoms with Crippen molar-refractivity contribution in [3.05, 3.63) is 23.8 Å². The summed E-state index contributed by atoms with van der Waals surface area (Å²) in [6, 6.07) is 5.12. The molecule has 128 valence electrons. The Balaban J connectivity index is 1.99. The van der Waals surface area contributed by atoms with Crippen LogP contribution in [0, 0.1) is 6.92 Å². The number of methoxy groups -OCH3 is 1. The maximum atomic E-state index is 13.3. The van der Waals surface area contributed by atoms with Crippen LogP contribution in [0.4, 0.5) is 0 Å². The number of piperidine rings is 1. The molecule has 0 bridgehead atoms. The molecule has 0 unspecified atom stereocenters. The minimum absolute atomic E-state index is 0.0227. The van der Waals surface area contributed by atoms with E-state index in [-0.39, 0.29) is 17.0 Å². The number of morpholine rings is 1. The van der Waals surface area contributed by atoms with Gasteiger partial charge in [0.25, 0.3) is 0 Å². The van der Waals surface area contributed by atoms with Gasteiger partial charge in [-0.15, -0.1) is 0 Å². The van der Waals surface area contributed by atoms with Crippen LogP contribution < -0.4 is 4.74 Å². The molecule has 23 heavy (non-hydrogen) atoms. The summed E-state index contributed by atoms with van der Waals surface area (Å²) in [6.07, 6.45) is 0.837. The van der Waals surface area contributed by atoms with Gasteiger partial charge in [-0.05, 0) is 38.1 Å². The first-order chi connectivity index (χ1) is 10.9. The number of likely N-dealkylation sites (tertiary alicyclic amines) is 1. The highest BCUT2D eigenvalue weighted by molar-refractivity contribution is 7.89. The lowest BCUT2D eigenvalue weighted by molar-refractivity contribution is -0.0720. The molecule has 2 aliphatic rings. The number of likely N-dealkylation sites (N-methyl/N-ethyl adjacent to an activating group) is 1. The smallest absolute Gasteiger partial charge is 0.247 e. The van der Waals surface area contributed by atoms with Crippen LogP contribution in [0.2, 0.25) is 0 Å². The van der Waals surface area contributed by atoms with Crippen LogP contribution in [0.3, 0.4) is 0 Å². The van der Waals surface area contributed by atoms with Crippen LogP contribution in [-0.4, -0.2) is 70.2 Å². The number of fused-ring (bicyclic) bond motifs is 1. The number of benzene rings is 1. The van der Waals surface area contributed by atoms with E-state index < -0.39 is 10.0 Å². The summed E-state index contributed by atoms with van der Waals surface area (Å²) in [6.45, 7) is 4.34. The molecule has 0 spiro atoms. The molecular weight excluding hydrogens is 316 g/mol. The van der Waals surface area contributed by atoms with E-state index in [2.05, 4.69) is 4.90 Å². The van der Waals surface area contributed by atoms with Crippen LogP contribution in [0.1, 0.15) is 12.0 Å². The highest BCUT2D eigenvalue weighted by Crippen LogP contribution is 2.32. The summed E-state index contributed by atoms with van der Waals surface area (Å²) in [7, 11) is -0.103. The molecule has 2 fully saturated rings. The fraction of sp³-hybridized carbons (Fsp3) is 0.625. The maximum absolute atomic E-state index is 13.3. The second kappa shape index (κ2) is 6.39. The third-order valence-corrected chi connectivity index (χ3v) is 6.59. The molecule has 2 aliphatic heterocycles. The summed E-state index contributed by atoms with van der Waals surface area (Å²) >= 11 is 0. The van der Waals surface area contributed by atoms with Gasteiger partial charge in [0.05, 0.1) is 25.9 Å². The number of sulfonamides is 1. The zero-order valence-corrected chi connectivity index (χ0v) is 14.7. The number of hydrogen-bond donors (Lipinski definition) is 0. The minimum atomic E-state index is -3.62. The quantitative estimate of drug-likeness (QED) is 0.825. The average Bonchev–Trinajstić information content (AvgIpc) is 2.54. The van der Waals surface area contributed by atoms with E-state index in [9.17, 15) is 8.42 Å². The first-order valence-corrected chi connectivity index (χ1v) is 9.34. The van der Waals surface area contributed by atoms with E-state index in [0.717, 1.165) is 18.5 Å². The monoisotopic (exact) mass is 340 g/mol. The fourth-order valence-corrected chi connectivity index (χ4v) is 5.28. The maximum Gasteiger partial charge on any atom is 0.247 e. The molecule has 0 N–H and O–H groups in total. The lowest BCUT2D eigenvalue weighted by Crippen LogP contribution is -2.60. The summed E-state index contributed by atoms with van der Waals surface area (Å²) in [5, 5.41) is 0. The average molecular weight is 340 g/mol. The molecule has 3 rings (SSSR count). The third-order valence-electron chi connectivity index (χ3n) is 4.64. The molecule has 6 nitrogen and oxygen atoms in total. The van der Waals surface area contributed by atoms with Crippen molar-refractivity contribution in [2.45, 2.75) is 30.4 Å². The fourth-order valence-electron chi connectivity index (χ4n) is 3.41. The molecule has 7 heteroatoms. The van der Waals surface area contributed by atoms with E-state index >= 15 is 0 Å². The van der Waals surface area contributed by atoms with Gasteiger partial charge < -0.3 is 14.4 Å². The predicted molar refractivity (Wildman–Crippen MR) is 87.3 cm³/mol. The molecule has 1 aromatic rings. The van der Waals surface area contributed by atoms with Gasteiger partial charge in [-0.3, -0.25) is 0 Å². The van der Waals surface area contributed by atoms with Gasteiger partial charge in [-0.25, -0.2) is 8.42 Å². The molecule has 0 aliphatic carbocycles. The van der Waals surface area contributed by atoms with E-state index in [1.54, 1.807) is 16.4 Å². The Labute approximate surface area is 138 Å². The second-order valence-corrected chi connectivity index (χ2v) is 8.16. The summed E-state index contributed by atoms with van der Waals surface area (Å²) in [5.74, 6) is 0.391. The number of hydrogen-bond acceptors (Lipinski definition) is 5. The summed E-state index contributed by atoms with van der Waals surface area (Å²) in [5.41, 5.74) is 0.898. The number of nitrogens with zero attached hydrogens (tertiary/aromatic N) is 2. The highest BCUT2D eigenvalue weighted by Gasteiger charge is 2.43. The van der Waals surface area contributed by atoms with Gasteiger partial charge in [0.15, 0.2) is 0 Å². The zero-order chi connectivity index (χ0) is 16.6. The van der Waals surface area contributed by atoms with Crippen LogP contribution in [0.15, 0.2) is 23.1 Å². The van der Waals surface area contributed by atoms with Gasteiger partial charge >= 0.3 is 0 Å². The Kier molecular flexibility index (Phi) is 4.64. The topological polar surface area (TPSA) is 59.1 Å². The molecule has 0 amide bonds. The number of rotatable bonds is 3. The van der Waals surface area contributed by atoms with Crippen molar-refractivity contribution in [1.29, 1.82) is 0 Å². The summed E-state index contributed by atoms with van der Waals surface area (Å²) < 4.78 is 39.2. The van der Waals surface area contributed by atoms with Gasteiger partial charge in [0.2, 0.25) is 10.0 Å². The van der Waals surface area contributed by atoms with Crippen molar-refractivity contribution in [3.8, 4) is 5.75 Å². The van der Waals surface area contributed by atoms with Gasteiger partial charge in [0, 0.05) is 19.6 Å². The molecule has 0 aromatic heterocycles. The number of aryl methyl sites for hydroxylation is 1. The Morgan fingerprint density at radius 3 is 2.83 bits per heavy atom. The van der Waals surface area contributed by atoms with Gasteiger partial charge in [0.1, 0.15) is 10.6 Å². The van der Waals surface area contributed by atoms with Crippen molar-refractivity contribution < 1.29 is 17.9 Å². The molecule has 2 heterocycles. The van der Waals surface area contributed by atoms with Crippen molar-refractivity contribution >= 4 is 10.0 Å². The van der Waals surface area contributed by atoms with Crippen LogP contribution in [0.5, 0.6) is 5.75 Å². The first kappa shape index (κ1) is 16.7. The van der Waals surface area contributed by atoms with Crippen LogP contribution >= 0.6 is 0 Å². The lowest BCUT2D eigenvalue weighted by Gasteiger charge is -2.45. The van der Waals surface area contributed by atoms with Crippen LogP contribution in [-0.2, 0) is 14.8 Å².